The molecule has 1 atom stereocenters. The van der Waals surface area contributed by atoms with Gasteiger partial charge in [-0.15, -0.1) is 0 Å². The van der Waals surface area contributed by atoms with Crippen LogP contribution in [0.3, 0.4) is 0 Å². The largest absolute Gasteiger partial charge is 0.469 e. The van der Waals surface area contributed by atoms with Gasteiger partial charge in [-0.1, -0.05) is 0 Å². The normalized spacial score (nSPS) is 20.1. The zero-order valence-electron chi connectivity index (χ0n) is 8.45. The summed E-state index contributed by atoms with van der Waals surface area (Å²) in [6, 6.07) is 0. The summed E-state index contributed by atoms with van der Waals surface area (Å²) >= 11 is 0. The number of ether oxygens (including phenoxy) is 1. The van der Waals surface area contributed by atoms with Gasteiger partial charge in [-0.05, 0) is 12.8 Å². The minimum atomic E-state index is -0.831. The van der Waals surface area contributed by atoms with E-state index in [2.05, 4.69) is 4.74 Å². The highest BCUT2D eigenvalue weighted by Gasteiger charge is 2.35. The highest BCUT2D eigenvalue weighted by molar-refractivity contribution is 6.43. The zero-order chi connectivity index (χ0) is 11.4. The van der Waals surface area contributed by atoms with Gasteiger partial charge < -0.3 is 4.74 Å². The molecule has 0 aromatic carbocycles. The van der Waals surface area contributed by atoms with Crippen LogP contribution in [0.15, 0.2) is 0 Å². The van der Waals surface area contributed by atoms with Gasteiger partial charge in [0.05, 0.1) is 13.0 Å². The third-order valence-electron chi connectivity index (χ3n) is 2.43. The molecule has 0 heterocycles. The molecule has 15 heavy (non-hydrogen) atoms. The molecular weight excluding hydrogens is 200 g/mol. The second-order valence-corrected chi connectivity index (χ2v) is 3.45. The topological polar surface area (TPSA) is 77.5 Å². The molecule has 1 unspecified atom stereocenters. The number of rotatable bonds is 4. The molecule has 1 fully saturated rings. The lowest BCUT2D eigenvalue weighted by Gasteiger charge is -2.04. The number of ketones is 3. The van der Waals surface area contributed by atoms with Crippen molar-refractivity contribution in [2.75, 3.05) is 7.11 Å². The van der Waals surface area contributed by atoms with Crippen LogP contribution < -0.4 is 0 Å². The fraction of sp³-hybridized carbons (Fsp3) is 0.600. The molecule has 0 aromatic rings. The quantitative estimate of drug-likeness (QED) is 0.374. The van der Waals surface area contributed by atoms with Crippen molar-refractivity contribution in [2.24, 2.45) is 5.92 Å². The van der Waals surface area contributed by atoms with Gasteiger partial charge in [0.15, 0.2) is 0 Å². The maximum Gasteiger partial charge on any atom is 0.313 e. The van der Waals surface area contributed by atoms with Gasteiger partial charge in [-0.25, -0.2) is 0 Å². The van der Waals surface area contributed by atoms with Crippen LogP contribution in [0.4, 0.5) is 0 Å². The van der Waals surface area contributed by atoms with E-state index in [4.69, 9.17) is 0 Å². The first-order valence-electron chi connectivity index (χ1n) is 4.73. The molecule has 0 bridgehead atoms. The second kappa shape index (κ2) is 4.82. The highest BCUT2D eigenvalue weighted by Crippen LogP contribution is 2.22. The van der Waals surface area contributed by atoms with Crippen LogP contribution in [0.5, 0.6) is 0 Å². The minimum Gasteiger partial charge on any atom is -0.469 e. The van der Waals surface area contributed by atoms with Gasteiger partial charge in [0.1, 0.15) is 12.2 Å². The van der Waals surface area contributed by atoms with E-state index >= 15 is 0 Å². The van der Waals surface area contributed by atoms with Gasteiger partial charge >= 0.3 is 5.97 Å². The Hall–Kier alpha value is -1.52. The van der Waals surface area contributed by atoms with E-state index < -0.39 is 29.9 Å². The monoisotopic (exact) mass is 212 g/mol. The third-order valence-corrected chi connectivity index (χ3v) is 2.43. The second-order valence-electron chi connectivity index (χ2n) is 3.45. The van der Waals surface area contributed by atoms with E-state index in [1.807, 2.05) is 0 Å². The van der Waals surface area contributed by atoms with Gasteiger partial charge in [-0.2, -0.15) is 0 Å². The summed E-state index contributed by atoms with van der Waals surface area (Å²) in [5.74, 6) is -3.34. The number of hydrogen-bond donors (Lipinski definition) is 0. The summed E-state index contributed by atoms with van der Waals surface area (Å²) in [6.45, 7) is 0. The first kappa shape index (κ1) is 11.6. The van der Waals surface area contributed by atoms with E-state index in [0.29, 0.717) is 19.3 Å². The fourth-order valence-corrected chi connectivity index (χ4v) is 1.58. The molecular formula is C10H12O5. The average molecular weight is 212 g/mol. The van der Waals surface area contributed by atoms with Gasteiger partial charge in [0.2, 0.25) is 11.6 Å². The SMILES string of the molecule is COC(=O)CC(=O)C(=O)C1CCCC1=O. The summed E-state index contributed by atoms with van der Waals surface area (Å²) < 4.78 is 4.26. The lowest BCUT2D eigenvalue weighted by atomic mass is 9.97. The highest BCUT2D eigenvalue weighted by atomic mass is 16.5. The Labute approximate surface area is 86.8 Å². The Bertz CT molecular complexity index is 318. The zero-order valence-corrected chi connectivity index (χ0v) is 8.45. The summed E-state index contributed by atoms with van der Waals surface area (Å²) in [6.07, 6.45) is 0.840. The Kier molecular flexibility index (Phi) is 3.71. The Balaban J connectivity index is 2.56. The molecule has 0 amide bonds. The van der Waals surface area contributed by atoms with E-state index in [0.717, 1.165) is 7.11 Å². The van der Waals surface area contributed by atoms with Crippen LogP contribution in [0.25, 0.3) is 0 Å². The molecule has 1 aliphatic rings. The van der Waals surface area contributed by atoms with Crippen LogP contribution in [-0.4, -0.2) is 30.4 Å². The maximum absolute atomic E-state index is 11.4. The number of carbonyl (C=O) groups excluding carboxylic acids is 4. The van der Waals surface area contributed by atoms with E-state index in [1.54, 1.807) is 0 Å². The summed E-state index contributed by atoms with van der Waals surface area (Å²) in [7, 11) is 1.14. The molecule has 0 saturated heterocycles. The van der Waals surface area contributed by atoms with Gasteiger partial charge in [0, 0.05) is 6.42 Å². The molecule has 5 heteroatoms. The molecule has 0 aromatic heterocycles. The fourth-order valence-electron chi connectivity index (χ4n) is 1.58. The number of carbonyl (C=O) groups is 4. The Morgan fingerprint density at radius 2 is 2.07 bits per heavy atom. The molecule has 1 rings (SSSR count). The van der Waals surface area contributed by atoms with E-state index in [1.165, 1.54) is 0 Å². The Morgan fingerprint density at radius 3 is 2.53 bits per heavy atom. The van der Waals surface area contributed by atoms with E-state index in [-0.39, 0.29) is 5.78 Å². The number of Topliss-reactive ketones (excluding diaryl/α,β-unsaturated/α-hetero) is 3. The molecule has 1 aliphatic carbocycles. The van der Waals surface area contributed by atoms with Crippen molar-refractivity contribution >= 4 is 23.3 Å². The maximum atomic E-state index is 11.4. The van der Waals surface area contributed by atoms with Crippen molar-refractivity contribution in [2.45, 2.75) is 25.7 Å². The van der Waals surface area contributed by atoms with Crippen molar-refractivity contribution in [3.8, 4) is 0 Å². The van der Waals surface area contributed by atoms with Crippen molar-refractivity contribution in [1.82, 2.24) is 0 Å². The van der Waals surface area contributed by atoms with Gasteiger partial charge in [0.25, 0.3) is 0 Å². The summed E-state index contributed by atoms with van der Waals surface area (Å²) in [4.78, 5) is 44.6. The van der Waals surface area contributed by atoms with Crippen LogP contribution in [0, 0.1) is 5.92 Å². The van der Waals surface area contributed by atoms with E-state index in [9.17, 15) is 19.2 Å². The Morgan fingerprint density at radius 1 is 1.40 bits per heavy atom. The molecule has 0 N–H and O–H groups in total. The molecule has 82 valence electrons. The van der Waals surface area contributed by atoms with Crippen molar-refractivity contribution in [1.29, 1.82) is 0 Å². The first-order chi connectivity index (χ1) is 7.06. The lowest BCUT2D eigenvalue weighted by Crippen LogP contribution is -2.28. The van der Waals surface area contributed by atoms with Crippen LogP contribution in [0.2, 0.25) is 0 Å². The summed E-state index contributed by atoms with van der Waals surface area (Å²) in [5.41, 5.74) is 0. The molecule has 0 aliphatic heterocycles. The smallest absolute Gasteiger partial charge is 0.313 e. The number of esters is 1. The molecule has 0 spiro atoms. The number of methoxy groups -OCH3 is 1. The van der Waals surface area contributed by atoms with Crippen molar-refractivity contribution in [3.05, 3.63) is 0 Å². The molecule has 0 radical (unpaired) electrons. The minimum absolute atomic E-state index is 0.196. The number of hydrogen-bond acceptors (Lipinski definition) is 5. The van der Waals surface area contributed by atoms with Crippen LogP contribution >= 0.6 is 0 Å². The predicted molar refractivity (Wildman–Crippen MR) is 49.0 cm³/mol. The lowest BCUT2D eigenvalue weighted by molar-refractivity contribution is -0.149. The van der Waals surface area contributed by atoms with Crippen molar-refractivity contribution in [3.63, 3.8) is 0 Å². The third kappa shape index (κ3) is 2.71. The standard InChI is InChI=1S/C10H12O5/c1-15-9(13)5-8(12)10(14)6-3-2-4-7(6)11/h6H,2-5H2,1H3. The molecule has 5 nitrogen and oxygen atoms in total. The average Bonchev–Trinajstić information content (AvgIpc) is 2.63. The first-order valence-corrected chi connectivity index (χ1v) is 4.73. The molecule has 1 saturated carbocycles. The van der Waals surface area contributed by atoms with Crippen molar-refractivity contribution < 1.29 is 23.9 Å². The van der Waals surface area contributed by atoms with Gasteiger partial charge in [-0.3, -0.25) is 19.2 Å². The predicted octanol–water partition coefficient (Wildman–Crippen LogP) is 0.0569. The van der Waals surface area contributed by atoms with Crippen LogP contribution in [-0.2, 0) is 23.9 Å². The van der Waals surface area contributed by atoms with Crippen LogP contribution in [0.1, 0.15) is 25.7 Å². The summed E-state index contributed by atoms with van der Waals surface area (Å²) in [5, 5.41) is 0.